The second-order valence-corrected chi connectivity index (χ2v) is 5.06. The minimum atomic E-state index is -3.53. The predicted molar refractivity (Wildman–Crippen MR) is 70.5 cm³/mol. The lowest BCUT2D eigenvalue weighted by Crippen LogP contribution is -2.73. The number of rotatable bonds is 4. The van der Waals surface area contributed by atoms with E-state index >= 15 is 0 Å². The number of carbonyl (C=O) groups excluding carboxylic acids is 3. The van der Waals surface area contributed by atoms with E-state index in [1.54, 1.807) is 0 Å². The van der Waals surface area contributed by atoms with E-state index in [-0.39, 0.29) is 0 Å². The van der Waals surface area contributed by atoms with Crippen LogP contribution in [0, 0.1) is 0 Å². The number of carboxylic acids is 1. The van der Waals surface area contributed by atoms with Crippen LogP contribution in [0.5, 0.6) is 0 Å². The fraction of sp³-hybridized carbons (Fsp3) is 0.538. The fourth-order valence-electron chi connectivity index (χ4n) is 2.20. The van der Waals surface area contributed by atoms with Gasteiger partial charge in [0.05, 0.1) is 6.42 Å². The van der Waals surface area contributed by atoms with Gasteiger partial charge >= 0.3 is 35.5 Å². The molecule has 11 nitrogen and oxygen atoms in total. The van der Waals surface area contributed by atoms with Crippen LogP contribution in [0.1, 0.15) is 27.2 Å². The number of carboxylic acid groups (broad SMARTS) is 1. The maximum Gasteiger partial charge on any atom is 0.348 e. The smallest absolute Gasteiger partial charge is 0.348 e. The highest BCUT2D eigenvalue weighted by molar-refractivity contribution is 5.87. The third-order valence-corrected chi connectivity index (χ3v) is 2.99. The van der Waals surface area contributed by atoms with Crippen LogP contribution in [0.3, 0.4) is 0 Å². The zero-order chi connectivity index (χ0) is 18.9. The van der Waals surface area contributed by atoms with Crippen molar-refractivity contribution in [2.75, 3.05) is 0 Å². The van der Waals surface area contributed by atoms with Gasteiger partial charge in [-0.25, -0.2) is 4.79 Å². The number of esters is 3. The third kappa shape index (κ3) is 3.37. The molecule has 0 bridgehead atoms. The van der Waals surface area contributed by atoms with E-state index in [9.17, 15) is 34.5 Å². The maximum absolute atomic E-state index is 11.3. The number of carbonyl (C=O) groups is 4. The zero-order valence-electron chi connectivity index (χ0n) is 12.9. The molecule has 0 aromatic heterocycles. The van der Waals surface area contributed by atoms with Crippen LogP contribution in [0.4, 0.5) is 0 Å². The summed E-state index contributed by atoms with van der Waals surface area (Å²) in [6, 6.07) is 0. The monoisotopic (exact) mass is 348 g/mol. The van der Waals surface area contributed by atoms with Gasteiger partial charge in [-0.1, -0.05) is 0 Å². The van der Waals surface area contributed by atoms with Gasteiger partial charge in [-0.15, -0.1) is 0 Å². The van der Waals surface area contributed by atoms with Crippen molar-refractivity contribution in [2.24, 2.45) is 0 Å². The second kappa shape index (κ2) is 6.19. The standard InChI is InChI=1S/C13H16O11/c1-6(14)22-11(19)4-9(10(17)18)5-12(20,23-7(2)15)13(11,21)24-8(3)16/h4,19-21H,5H2,1-3H3,(H,17,18). The molecule has 24 heavy (non-hydrogen) atoms. The van der Waals surface area contributed by atoms with Crippen LogP contribution < -0.4 is 0 Å². The SMILES string of the molecule is CC(=O)OC1(O)C=C(C(=O)O)CC(O)(OC(C)=O)C1(O)OC(C)=O. The third-order valence-electron chi connectivity index (χ3n) is 2.99. The minimum absolute atomic E-state index is 0.359. The highest BCUT2D eigenvalue weighted by Crippen LogP contribution is 2.45. The molecule has 0 aromatic rings. The van der Waals surface area contributed by atoms with E-state index in [4.69, 9.17) is 5.11 Å². The first-order chi connectivity index (χ1) is 10.8. The average molecular weight is 348 g/mol. The normalized spacial score (nSPS) is 32.3. The summed E-state index contributed by atoms with van der Waals surface area (Å²) in [7, 11) is 0. The van der Waals surface area contributed by atoms with Crippen molar-refractivity contribution in [3.05, 3.63) is 11.6 Å². The number of hydrogen-bond acceptors (Lipinski definition) is 10. The van der Waals surface area contributed by atoms with Crippen molar-refractivity contribution in [3.8, 4) is 0 Å². The van der Waals surface area contributed by atoms with E-state index in [1.165, 1.54) is 0 Å². The largest absolute Gasteiger partial charge is 0.478 e. The van der Waals surface area contributed by atoms with Crippen LogP contribution in [0.15, 0.2) is 11.6 Å². The summed E-state index contributed by atoms with van der Waals surface area (Å²) in [5.41, 5.74) is -0.778. The van der Waals surface area contributed by atoms with Crippen molar-refractivity contribution in [1.29, 1.82) is 0 Å². The molecule has 134 valence electrons. The molecular formula is C13H16O11. The molecule has 0 fully saturated rings. The lowest BCUT2D eigenvalue weighted by atomic mass is 9.82. The quantitative estimate of drug-likeness (QED) is 0.255. The highest BCUT2D eigenvalue weighted by atomic mass is 16.8. The molecule has 3 atom stereocenters. The summed E-state index contributed by atoms with van der Waals surface area (Å²) < 4.78 is 13.4. The van der Waals surface area contributed by atoms with Gasteiger partial charge in [-0.3, -0.25) is 14.4 Å². The first-order valence-electron chi connectivity index (χ1n) is 6.47. The summed E-state index contributed by atoms with van der Waals surface area (Å²) in [5, 5.41) is 40.5. The molecule has 0 saturated heterocycles. The Morgan fingerprint density at radius 3 is 1.75 bits per heavy atom. The van der Waals surface area contributed by atoms with Crippen LogP contribution in [-0.4, -0.2) is 61.7 Å². The molecule has 0 radical (unpaired) electrons. The molecule has 1 aliphatic rings. The molecule has 0 amide bonds. The molecule has 0 saturated carbocycles. The Hall–Kier alpha value is -2.50. The summed E-state index contributed by atoms with van der Waals surface area (Å²) in [6.07, 6.45) is -0.715. The van der Waals surface area contributed by atoms with Crippen molar-refractivity contribution < 1.29 is 53.8 Å². The number of aliphatic carboxylic acids is 1. The fourth-order valence-corrected chi connectivity index (χ4v) is 2.20. The Kier molecular flexibility index (Phi) is 5.04. The number of aliphatic hydroxyl groups is 3. The van der Waals surface area contributed by atoms with Gasteiger partial charge in [0.15, 0.2) is 0 Å². The van der Waals surface area contributed by atoms with Gasteiger partial charge in [0.25, 0.3) is 5.79 Å². The average Bonchev–Trinajstić information content (AvgIpc) is 2.33. The van der Waals surface area contributed by atoms with Gasteiger partial charge in [0, 0.05) is 32.4 Å². The van der Waals surface area contributed by atoms with E-state index in [1.807, 2.05) is 0 Å². The first kappa shape index (κ1) is 19.5. The van der Waals surface area contributed by atoms with Gasteiger partial charge in [-0.05, 0) is 0 Å². The molecule has 3 unspecified atom stereocenters. The lowest BCUT2D eigenvalue weighted by molar-refractivity contribution is -0.439. The number of ether oxygens (including phenoxy) is 3. The van der Waals surface area contributed by atoms with Gasteiger partial charge in [0.2, 0.25) is 0 Å². The van der Waals surface area contributed by atoms with Crippen molar-refractivity contribution >= 4 is 23.9 Å². The Labute approximate surface area is 135 Å². The van der Waals surface area contributed by atoms with Crippen molar-refractivity contribution in [1.82, 2.24) is 0 Å². The van der Waals surface area contributed by atoms with Crippen LogP contribution >= 0.6 is 0 Å². The maximum atomic E-state index is 11.3. The van der Waals surface area contributed by atoms with Crippen molar-refractivity contribution in [2.45, 2.75) is 44.6 Å². The van der Waals surface area contributed by atoms with E-state index in [2.05, 4.69) is 14.2 Å². The van der Waals surface area contributed by atoms with E-state index in [0.29, 0.717) is 6.08 Å². The lowest BCUT2D eigenvalue weighted by Gasteiger charge is -2.49. The van der Waals surface area contributed by atoms with Gasteiger partial charge in [-0.2, -0.15) is 0 Å². The Morgan fingerprint density at radius 1 is 0.917 bits per heavy atom. The van der Waals surface area contributed by atoms with E-state index in [0.717, 1.165) is 20.8 Å². The predicted octanol–water partition coefficient (Wildman–Crippen LogP) is -1.84. The van der Waals surface area contributed by atoms with E-state index < -0.39 is 53.2 Å². The topological polar surface area (TPSA) is 177 Å². The Bertz CT molecular complexity index is 623. The molecular weight excluding hydrogens is 332 g/mol. The molecule has 4 N–H and O–H groups in total. The second-order valence-electron chi connectivity index (χ2n) is 5.06. The summed E-state index contributed by atoms with van der Waals surface area (Å²) in [5.74, 6) is -15.5. The molecule has 0 aliphatic heterocycles. The zero-order valence-corrected chi connectivity index (χ0v) is 12.9. The molecule has 1 rings (SSSR count). The van der Waals surface area contributed by atoms with Crippen LogP contribution in [-0.2, 0) is 33.4 Å². The molecule has 1 aliphatic carbocycles. The highest BCUT2D eigenvalue weighted by Gasteiger charge is 2.72. The number of hydrogen-bond donors (Lipinski definition) is 4. The van der Waals surface area contributed by atoms with Gasteiger partial charge in [0.1, 0.15) is 0 Å². The molecule has 11 heteroatoms. The molecule has 0 aromatic carbocycles. The van der Waals surface area contributed by atoms with Crippen molar-refractivity contribution in [3.63, 3.8) is 0 Å². The van der Waals surface area contributed by atoms with Crippen LogP contribution in [0.25, 0.3) is 0 Å². The van der Waals surface area contributed by atoms with Crippen LogP contribution in [0.2, 0.25) is 0 Å². The summed E-state index contributed by atoms with van der Waals surface area (Å²) in [6.45, 7) is 2.37. The first-order valence-corrected chi connectivity index (χ1v) is 6.47. The minimum Gasteiger partial charge on any atom is -0.478 e. The summed E-state index contributed by atoms with van der Waals surface area (Å²) in [4.78, 5) is 44.8. The Morgan fingerprint density at radius 2 is 1.38 bits per heavy atom. The van der Waals surface area contributed by atoms with Gasteiger partial charge < -0.3 is 34.6 Å². The molecule has 0 spiro atoms. The molecule has 0 heterocycles. The summed E-state index contributed by atoms with van der Waals surface area (Å²) >= 11 is 0. The Balaban J connectivity index is 3.67.